The lowest BCUT2D eigenvalue weighted by molar-refractivity contribution is -0.129. The molecule has 8 heteroatoms. The number of hydrogen-bond donors (Lipinski definition) is 2. The molecule has 30 heavy (non-hydrogen) atoms. The summed E-state index contributed by atoms with van der Waals surface area (Å²) in [5.41, 5.74) is 0.855. The number of rotatable bonds is 5. The Morgan fingerprint density at radius 2 is 1.90 bits per heavy atom. The van der Waals surface area contributed by atoms with Gasteiger partial charge in [0.25, 0.3) is 5.91 Å². The third-order valence-corrected chi connectivity index (χ3v) is 5.54. The van der Waals surface area contributed by atoms with Crippen LogP contribution in [0.3, 0.4) is 0 Å². The molecule has 1 aliphatic heterocycles. The molecule has 4 rings (SSSR count). The van der Waals surface area contributed by atoms with E-state index in [-0.39, 0.29) is 22.1 Å². The van der Waals surface area contributed by atoms with Crippen LogP contribution in [-0.2, 0) is 4.79 Å². The van der Waals surface area contributed by atoms with Gasteiger partial charge < -0.3 is 19.5 Å². The van der Waals surface area contributed by atoms with Gasteiger partial charge in [0.2, 0.25) is 5.78 Å². The minimum Gasteiger partial charge on any atom is -0.506 e. The molecule has 0 aliphatic carbocycles. The highest BCUT2D eigenvalue weighted by Gasteiger charge is 2.44. The number of nitrogens with zero attached hydrogens (tertiary/aromatic N) is 1. The zero-order chi connectivity index (χ0) is 21.6. The number of phenolic OH excluding ortho intramolecular Hbond substituents is 1. The van der Waals surface area contributed by atoms with E-state index in [1.54, 1.807) is 24.3 Å². The predicted octanol–water partition coefficient (Wildman–Crippen LogP) is 5.43. The van der Waals surface area contributed by atoms with E-state index in [0.29, 0.717) is 34.5 Å². The van der Waals surface area contributed by atoms with Gasteiger partial charge in [0.15, 0.2) is 11.5 Å². The van der Waals surface area contributed by atoms with Crippen molar-refractivity contribution in [2.75, 3.05) is 6.54 Å². The highest BCUT2D eigenvalue weighted by molar-refractivity contribution is 6.32. The number of fused-ring (bicyclic) bond motifs is 1. The number of amides is 1. The fraction of sp³-hybridized carbons (Fsp3) is 0.182. The number of carbonyl (C=O) groups excluding carboxylic acids is 2. The van der Waals surface area contributed by atoms with Crippen LogP contribution in [0.4, 0.5) is 0 Å². The lowest BCUT2D eigenvalue weighted by Gasteiger charge is -2.26. The lowest BCUT2D eigenvalue weighted by Crippen LogP contribution is -2.31. The molecule has 0 bridgehead atoms. The van der Waals surface area contributed by atoms with Gasteiger partial charge >= 0.3 is 0 Å². The summed E-state index contributed by atoms with van der Waals surface area (Å²) in [7, 11) is 0. The smallest absolute Gasteiger partial charge is 0.290 e. The van der Waals surface area contributed by atoms with Gasteiger partial charge in [-0.05, 0) is 48.4 Å². The highest BCUT2D eigenvalue weighted by atomic mass is 35.5. The maximum absolute atomic E-state index is 13.3. The van der Waals surface area contributed by atoms with Crippen LogP contribution < -0.4 is 0 Å². The largest absolute Gasteiger partial charge is 0.506 e. The number of Topliss-reactive ketones (excluding diaryl/α,β-unsaturated/α-hetero) is 1. The Morgan fingerprint density at radius 1 is 1.13 bits per heavy atom. The van der Waals surface area contributed by atoms with E-state index in [4.69, 9.17) is 27.6 Å². The fourth-order valence-electron chi connectivity index (χ4n) is 3.66. The van der Waals surface area contributed by atoms with Crippen molar-refractivity contribution >= 4 is 45.9 Å². The minimum atomic E-state index is -0.861. The molecule has 6 nitrogen and oxygen atoms in total. The monoisotopic (exact) mass is 445 g/mol. The normalized spacial score (nSPS) is 16.7. The lowest BCUT2D eigenvalue weighted by atomic mass is 9.95. The Hall–Kier alpha value is -2.96. The van der Waals surface area contributed by atoms with E-state index in [1.807, 2.05) is 6.92 Å². The van der Waals surface area contributed by atoms with Crippen LogP contribution in [0.2, 0.25) is 10.0 Å². The Kier molecular flexibility index (Phi) is 5.22. The standard InChI is InChI=1S/C22H17Cl2NO5/c1-2-7-25-19(11-3-5-15(26)14(24)9-11)18(21(28)22(25)29)20(27)17-10-12-8-13(23)4-6-16(12)30-17/h3-6,8-10,19,26,28H,2,7H2,1H3. The second-order valence-corrected chi connectivity index (χ2v) is 7.84. The first kappa shape index (κ1) is 20.3. The van der Waals surface area contributed by atoms with Gasteiger partial charge in [0.05, 0.1) is 16.6 Å². The molecule has 1 aliphatic rings. The summed E-state index contributed by atoms with van der Waals surface area (Å²) in [6.07, 6.45) is 0.617. The average Bonchev–Trinajstić information content (AvgIpc) is 3.24. The van der Waals surface area contributed by atoms with Crippen molar-refractivity contribution in [2.45, 2.75) is 19.4 Å². The molecule has 0 saturated carbocycles. The van der Waals surface area contributed by atoms with Gasteiger partial charge in [-0.1, -0.05) is 36.2 Å². The molecule has 0 spiro atoms. The van der Waals surface area contributed by atoms with Crippen molar-refractivity contribution in [1.29, 1.82) is 0 Å². The van der Waals surface area contributed by atoms with Gasteiger partial charge in [-0.25, -0.2) is 0 Å². The summed E-state index contributed by atoms with van der Waals surface area (Å²) in [4.78, 5) is 27.5. The van der Waals surface area contributed by atoms with Crippen molar-refractivity contribution in [2.24, 2.45) is 0 Å². The van der Waals surface area contributed by atoms with E-state index in [9.17, 15) is 19.8 Å². The zero-order valence-electron chi connectivity index (χ0n) is 15.9. The van der Waals surface area contributed by atoms with Gasteiger partial charge in [0.1, 0.15) is 11.3 Å². The molecule has 1 aromatic heterocycles. The third-order valence-electron chi connectivity index (χ3n) is 5.00. The predicted molar refractivity (Wildman–Crippen MR) is 113 cm³/mol. The van der Waals surface area contributed by atoms with Crippen LogP contribution >= 0.6 is 23.2 Å². The first-order valence-corrected chi connectivity index (χ1v) is 10.0. The van der Waals surface area contributed by atoms with E-state index in [1.165, 1.54) is 23.1 Å². The number of benzene rings is 2. The number of furan rings is 1. The SMILES string of the molecule is CCCN1C(=O)C(O)=C(C(=O)c2cc3cc(Cl)ccc3o2)C1c1ccc(O)c(Cl)c1. The van der Waals surface area contributed by atoms with E-state index >= 15 is 0 Å². The summed E-state index contributed by atoms with van der Waals surface area (Å²) in [6.45, 7) is 2.20. The molecule has 1 amide bonds. The van der Waals surface area contributed by atoms with Crippen LogP contribution in [0.5, 0.6) is 5.75 Å². The summed E-state index contributed by atoms with van der Waals surface area (Å²) >= 11 is 12.1. The maximum atomic E-state index is 13.3. The summed E-state index contributed by atoms with van der Waals surface area (Å²) in [6, 6.07) is 10.0. The molecule has 0 saturated heterocycles. The first-order chi connectivity index (χ1) is 14.3. The Balaban J connectivity index is 1.83. The Bertz CT molecular complexity index is 1210. The number of ketones is 1. The quantitative estimate of drug-likeness (QED) is 0.510. The molecular weight excluding hydrogens is 429 g/mol. The van der Waals surface area contributed by atoms with Crippen molar-refractivity contribution in [3.63, 3.8) is 0 Å². The van der Waals surface area contributed by atoms with Crippen molar-refractivity contribution < 1.29 is 24.2 Å². The van der Waals surface area contributed by atoms with Gasteiger partial charge in [0, 0.05) is 17.0 Å². The molecule has 1 unspecified atom stereocenters. The van der Waals surface area contributed by atoms with Gasteiger partial charge in [-0.3, -0.25) is 9.59 Å². The second kappa shape index (κ2) is 7.70. The Morgan fingerprint density at radius 3 is 2.60 bits per heavy atom. The zero-order valence-corrected chi connectivity index (χ0v) is 17.4. The molecule has 0 radical (unpaired) electrons. The number of aromatic hydroxyl groups is 1. The van der Waals surface area contributed by atoms with Crippen LogP contribution in [0.15, 0.2) is 58.2 Å². The molecule has 154 valence electrons. The number of phenols is 1. The van der Waals surface area contributed by atoms with Crippen molar-refractivity contribution in [1.82, 2.24) is 4.90 Å². The number of hydrogen-bond acceptors (Lipinski definition) is 5. The van der Waals surface area contributed by atoms with Crippen LogP contribution in [-0.4, -0.2) is 33.3 Å². The van der Waals surface area contributed by atoms with Crippen LogP contribution in [0, 0.1) is 0 Å². The summed E-state index contributed by atoms with van der Waals surface area (Å²) < 4.78 is 5.65. The molecule has 3 aromatic rings. The average molecular weight is 446 g/mol. The Labute approximate surface area is 181 Å². The molecule has 1 atom stereocenters. The molecule has 2 heterocycles. The minimum absolute atomic E-state index is 0.0187. The van der Waals surface area contributed by atoms with Crippen LogP contribution in [0.25, 0.3) is 11.0 Å². The summed E-state index contributed by atoms with van der Waals surface area (Å²) in [5.74, 6) is -2.02. The third kappa shape index (κ3) is 3.32. The van der Waals surface area contributed by atoms with Crippen LogP contribution in [0.1, 0.15) is 35.5 Å². The van der Waals surface area contributed by atoms with E-state index in [2.05, 4.69) is 0 Å². The van der Waals surface area contributed by atoms with Gasteiger partial charge in [-0.15, -0.1) is 0 Å². The number of aliphatic hydroxyl groups excluding tert-OH is 1. The molecule has 0 fully saturated rings. The summed E-state index contributed by atoms with van der Waals surface area (Å²) in [5, 5.41) is 21.5. The number of aliphatic hydroxyl groups is 1. The molecular formula is C22H17Cl2NO5. The van der Waals surface area contributed by atoms with Crippen molar-refractivity contribution in [3.05, 3.63) is 75.2 Å². The maximum Gasteiger partial charge on any atom is 0.290 e. The number of carbonyl (C=O) groups is 2. The molecule has 2 N–H and O–H groups in total. The second-order valence-electron chi connectivity index (χ2n) is 7.00. The molecule has 2 aromatic carbocycles. The highest BCUT2D eigenvalue weighted by Crippen LogP contribution is 2.41. The van der Waals surface area contributed by atoms with E-state index < -0.39 is 23.5 Å². The first-order valence-electron chi connectivity index (χ1n) is 9.28. The fourth-order valence-corrected chi connectivity index (χ4v) is 4.03. The van der Waals surface area contributed by atoms with Crippen molar-refractivity contribution in [3.8, 4) is 5.75 Å². The number of halogens is 2. The van der Waals surface area contributed by atoms with Gasteiger partial charge in [-0.2, -0.15) is 0 Å². The topological polar surface area (TPSA) is 91.0 Å². The van der Waals surface area contributed by atoms with E-state index in [0.717, 1.165) is 0 Å².